The molecule has 1 aromatic heterocycles. The maximum atomic E-state index is 15.5. The molecular weight excluding hydrogens is 521 g/mol. The van der Waals surface area contributed by atoms with E-state index in [2.05, 4.69) is 15.2 Å². The van der Waals surface area contributed by atoms with Gasteiger partial charge < -0.3 is 25.5 Å². The third kappa shape index (κ3) is 4.90. The molecule has 3 aromatic rings. The molecule has 1 saturated heterocycles. The van der Waals surface area contributed by atoms with Gasteiger partial charge in [-0.25, -0.2) is 14.4 Å². The number of aryl methyl sites for hydroxylation is 2. The molecule has 1 aliphatic heterocycles. The van der Waals surface area contributed by atoms with E-state index in [0.717, 1.165) is 61.3 Å². The standard InChI is InChI=1S/C30H37F3N4O3/c1-17(19-7-6-10-23(25(19)31)30(32,33)28(3,4)39)34-27-22-15-24(37-13-11-29(40,16-38)12-14-37)20-8-5-9-21(20)26(22)35-18(2)36-27/h6-7,10,15,17,38-40H,5,8-9,11-14,16H2,1-4H3,(H,34,35,36). The summed E-state index contributed by atoms with van der Waals surface area (Å²) in [4.78, 5) is 11.6. The molecule has 2 aromatic carbocycles. The lowest BCUT2D eigenvalue weighted by Gasteiger charge is -2.39. The number of piperidine rings is 1. The first-order valence-electron chi connectivity index (χ1n) is 13.8. The summed E-state index contributed by atoms with van der Waals surface area (Å²) in [6, 6.07) is 5.13. The highest BCUT2D eigenvalue weighted by Gasteiger charge is 2.49. The number of fused-ring (bicyclic) bond motifs is 3. The molecule has 4 N–H and O–H groups in total. The molecule has 1 fully saturated rings. The van der Waals surface area contributed by atoms with Crippen molar-refractivity contribution in [2.24, 2.45) is 0 Å². The van der Waals surface area contributed by atoms with Gasteiger partial charge in [0, 0.05) is 29.7 Å². The Kier molecular flexibility index (Phi) is 7.25. The summed E-state index contributed by atoms with van der Waals surface area (Å²) in [6.07, 6.45) is 3.67. The zero-order chi connectivity index (χ0) is 29.0. The zero-order valence-corrected chi connectivity index (χ0v) is 23.4. The fourth-order valence-electron chi connectivity index (χ4n) is 5.91. The first kappa shape index (κ1) is 28.6. The Labute approximate surface area is 232 Å². The zero-order valence-electron chi connectivity index (χ0n) is 23.4. The molecule has 7 nitrogen and oxygen atoms in total. The molecule has 0 saturated carbocycles. The molecule has 5 rings (SSSR count). The third-order valence-electron chi connectivity index (χ3n) is 8.44. The van der Waals surface area contributed by atoms with E-state index in [1.165, 1.54) is 17.7 Å². The largest absolute Gasteiger partial charge is 0.393 e. The second-order valence-corrected chi connectivity index (χ2v) is 11.8. The minimum atomic E-state index is -3.79. The Bertz CT molecular complexity index is 1430. The van der Waals surface area contributed by atoms with E-state index >= 15 is 4.39 Å². The normalized spacial score (nSPS) is 18.2. The molecule has 0 bridgehead atoms. The van der Waals surface area contributed by atoms with E-state index in [1.807, 2.05) is 6.07 Å². The van der Waals surface area contributed by atoms with Crippen LogP contribution in [0.25, 0.3) is 10.9 Å². The lowest BCUT2D eigenvalue weighted by molar-refractivity contribution is -0.170. The predicted molar refractivity (Wildman–Crippen MR) is 148 cm³/mol. The number of nitrogens with zero attached hydrogens (tertiary/aromatic N) is 3. The van der Waals surface area contributed by atoms with E-state index < -0.39 is 34.5 Å². The second kappa shape index (κ2) is 10.2. The molecule has 1 atom stereocenters. The van der Waals surface area contributed by atoms with Crippen LogP contribution < -0.4 is 10.2 Å². The topological polar surface area (TPSA) is 102 Å². The molecule has 2 heterocycles. The van der Waals surface area contributed by atoms with Crippen molar-refractivity contribution in [1.29, 1.82) is 0 Å². The number of alkyl halides is 2. The number of hydrogen-bond acceptors (Lipinski definition) is 7. The maximum Gasteiger partial charge on any atom is 0.303 e. The van der Waals surface area contributed by atoms with Gasteiger partial charge in [0.2, 0.25) is 0 Å². The number of aromatic nitrogens is 2. The molecule has 1 aliphatic carbocycles. The number of nitrogens with one attached hydrogen (secondary N) is 1. The third-order valence-corrected chi connectivity index (χ3v) is 8.44. The van der Waals surface area contributed by atoms with Gasteiger partial charge in [-0.05, 0) is 83.1 Å². The van der Waals surface area contributed by atoms with Gasteiger partial charge in [0.15, 0.2) is 0 Å². The van der Waals surface area contributed by atoms with E-state index in [4.69, 9.17) is 4.98 Å². The summed E-state index contributed by atoms with van der Waals surface area (Å²) in [5.74, 6) is -3.85. The first-order valence-corrected chi connectivity index (χ1v) is 13.8. The quantitative estimate of drug-likeness (QED) is 0.326. The van der Waals surface area contributed by atoms with Crippen LogP contribution in [-0.2, 0) is 18.8 Å². The Morgan fingerprint density at radius 3 is 2.45 bits per heavy atom. The number of aliphatic hydroxyl groups is 3. The van der Waals surface area contributed by atoms with Gasteiger partial charge in [-0.3, -0.25) is 0 Å². The van der Waals surface area contributed by atoms with E-state index in [-0.39, 0.29) is 12.2 Å². The lowest BCUT2D eigenvalue weighted by atomic mass is 9.90. The van der Waals surface area contributed by atoms with Gasteiger partial charge in [-0.1, -0.05) is 12.1 Å². The number of rotatable bonds is 7. The van der Waals surface area contributed by atoms with Crippen LogP contribution >= 0.6 is 0 Å². The summed E-state index contributed by atoms with van der Waals surface area (Å²) >= 11 is 0. The molecule has 40 heavy (non-hydrogen) atoms. The number of halogens is 3. The average molecular weight is 559 g/mol. The van der Waals surface area contributed by atoms with Gasteiger partial charge in [-0.2, -0.15) is 8.78 Å². The Balaban J connectivity index is 1.55. The second-order valence-electron chi connectivity index (χ2n) is 11.8. The number of benzene rings is 2. The maximum absolute atomic E-state index is 15.5. The van der Waals surface area contributed by atoms with Crippen molar-refractivity contribution >= 4 is 22.4 Å². The van der Waals surface area contributed by atoms with Crippen LogP contribution in [-0.4, -0.2) is 56.2 Å². The number of hydrogen-bond donors (Lipinski definition) is 4. The van der Waals surface area contributed by atoms with Gasteiger partial charge in [0.1, 0.15) is 23.1 Å². The minimum absolute atomic E-state index is 0.0338. The van der Waals surface area contributed by atoms with Crippen molar-refractivity contribution in [3.8, 4) is 0 Å². The van der Waals surface area contributed by atoms with E-state index in [9.17, 15) is 24.1 Å². The molecule has 2 aliphatic rings. The van der Waals surface area contributed by atoms with Crippen molar-refractivity contribution < 1.29 is 28.5 Å². The SMILES string of the molecule is Cc1nc(NC(C)c2cccc(C(F)(F)C(C)(C)O)c2F)c2cc(N3CCC(O)(CO)CC3)c3c(c2n1)CCC3. The van der Waals surface area contributed by atoms with Crippen LogP contribution in [0.4, 0.5) is 24.7 Å². The number of aliphatic hydroxyl groups excluding tert-OH is 1. The highest BCUT2D eigenvalue weighted by molar-refractivity contribution is 5.96. The molecule has 10 heteroatoms. The fourth-order valence-corrected chi connectivity index (χ4v) is 5.91. The molecule has 0 radical (unpaired) electrons. The van der Waals surface area contributed by atoms with Gasteiger partial charge >= 0.3 is 5.92 Å². The van der Waals surface area contributed by atoms with Crippen molar-refractivity contribution in [2.45, 2.75) is 83.0 Å². The first-order chi connectivity index (χ1) is 18.8. The van der Waals surface area contributed by atoms with Crippen LogP contribution in [0.3, 0.4) is 0 Å². The summed E-state index contributed by atoms with van der Waals surface area (Å²) in [5, 5.41) is 34.1. The fraction of sp³-hybridized carbons (Fsp3) is 0.533. The van der Waals surface area contributed by atoms with Crippen LogP contribution in [0, 0.1) is 12.7 Å². The molecule has 0 spiro atoms. The summed E-state index contributed by atoms with van der Waals surface area (Å²) in [6.45, 7) is 6.30. The van der Waals surface area contributed by atoms with Crippen LogP contribution in [0.2, 0.25) is 0 Å². The van der Waals surface area contributed by atoms with Gasteiger partial charge in [0.25, 0.3) is 0 Å². The molecule has 0 amide bonds. The summed E-state index contributed by atoms with van der Waals surface area (Å²) in [5.41, 5.74) is -0.0946. The van der Waals surface area contributed by atoms with Crippen LogP contribution in [0.15, 0.2) is 24.3 Å². The Morgan fingerprint density at radius 1 is 1.12 bits per heavy atom. The van der Waals surface area contributed by atoms with Crippen LogP contribution in [0.1, 0.15) is 74.2 Å². The Morgan fingerprint density at radius 2 is 1.80 bits per heavy atom. The summed E-state index contributed by atoms with van der Waals surface area (Å²) in [7, 11) is 0. The van der Waals surface area contributed by atoms with E-state index in [1.54, 1.807) is 13.8 Å². The van der Waals surface area contributed by atoms with Gasteiger partial charge in [0.05, 0.1) is 29.3 Å². The highest BCUT2D eigenvalue weighted by Crippen LogP contribution is 2.43. The minimum Gasteiger partial charge on any atom is -0.393 e. The molecule has 216 valence electrons. The average Bonchev–Trinajstić information content (AvgIpc) is 3.39. The monoisotopic (exact) mass is 558 g/mol. The lowest BCUT2D eigenvalue weighted by Crippen LogP contribution is -2.46. The van der Waals surface area contributed by atoms with E-state index in [0.29, 0.717) is 37.6 Å². The predicted octanol–water partition coefficient (Wildman–Crippen LogP) is 4.93. The van der Waals surface area contributed by atoms with Crippen molar-refractivity contribution in [2.75, 3.05) is 29.9 Å². The highest BCUT2D eigenvalue weighted by atomic mass is 19.3. The smallest absolute Gasteiger partial charge is 0.303 e. The summed E-state index contributed by atoms with van der Waals surface area (Å²) < 4.78 is 45.3. The molecular formula is C30H37F3N4O3. The van der Waals surface area contributed by atoms with Crippen molar-refractivity contribution in [1.82, 2.24) is 9.97 Å². The Hall–Kier alpha value is -2.95. The molecule has 1 unspecified atom stereocenters. The van der Waals surface area contributed by atoms with Crippen LogP contribution in [0.5, 0.6) is 0 Å². The van der Waals surface area contributed by atoms with Crippen molar-refractivity contribution in [3.63, 3.8) is 0 Å². The van der Waals surface area contributed by atoms with Gasteiger partial charge in [-0.15, -0.1) is 0 Å². The van der Waals surface area contributed by atoms with Crippen molar-refractivity contribution in [3.05, 3.63) is 58.2 Å². The number of anilines is 2.